The maximum absolute atomic E-state index is 8.66. The van der Waals surface area contributed by atoms with Gasteiger partial charge in [-0.2, -0.15) is 0 Å². The van der Waals surface area contributed by atoms with Gasteiger partial charge in [0.1, 0.15) is 0 Å². The van der Waals surface area contributed by atoms with Gasteiger partial charge < -0.3 is 5.11 Å². The first kappa shape index (κ1) is 13.1. The number of benzene rings is 1. The fourth-order valence-electron chi connectivity index (χ4n) is 2.16. The second kappa shape index (κ2) is 6.58. The predicted molar refractivity (Wildman–Crippen MR) is 74.1 cm³/mol. The maximum Gasteiger partial charge on any atom is 0.0540 e. The number of rotatable bonds is 4. The standard InChI is InChI=1S/C16H21NO/c1-17(16-6-4-7-16)13-15-10-8-14(9-11-15)5-2-3-12-18/h8-11,16,18H,3-4,6-7,12-13H2,1H3. The third kappa shape index (κ3) is 3.60. The molecule has 0 amide bonds. The molecule has 0 unspecified atom stereocenters. The molecule has 1 saturated carbocycles. The lowest BCUT2D eigenvalue weighted by molar-refractivity contribution is 0.152. The molecule has 0 radical (unpaired) electrons. The number of aliphatic hydroxyl groups is 1. The molecular weight excluding hydrogens is 222 g/mol. The average molecular weight is 243 g/mol. The van der Waals surface area contributed by atoms with Crippen LogP contribution in [0, 0.1) is 11.8 Å². The number of hydrogen-bond donors (Lipinski definition) is 1. The second-order valence-electron chi connectivity index (χ2n) is 4.97. The summed E-state index contributed by atoms with van der Waals surface area (Å²) in [5.41, 5.74) is 2.37. The Kier molecular flexibility index (Phi) is 4.81. The lowest BCUT2D eigenvalue weighted by atomic mass is 9.91. The fraction of sp³-hybridized carbons (Fsp3) is 0.500. The van der Waals surface area contributed by atoms with Crippen LogP contribution in [0.3, 0.4) is 0 Å². The first-order chi connectivity index (χ1) is 8.79. The van der Waals surface area contributed by atoms with Crippen LogP contribution >= 0.6 is 0 Å². The summed E-state index contributed by atoms with van der Waals surface area (Å²) in [5, 5.41) is 8.66. The van der Waals surface area contributed by atoms with Gasteiger partial charge in [0, 0.05) is 24.6 Å². The highest BCUT2D eigenvalue weighted by Crippen LogP contribution is 2.24. The smallest absolute Gasteiger partial charge is 0.0540 e. The topological polar surface area (TPSA) is 23.5 Å². The molecule has 0 saturated heterocycles. The molecule has 1 fully saturated rings. The summed E-state index contributed by atoms with van der Waals surface area (Å²) >= 11 is 0. The van der Waals surface area contributed by atoms with Crippen LogP contribution in [-0.2, 0) is 6.54 Å². The maximum atomic E-state index is 8.66. The highest BCUT2D eigenvalue weighted by molar-refractivity contribution is 5.36. The third-order valence-electron chi connectivity index (χ3n) is 3.55. The van der Waals surface area contributed by atoms with E-state index < -0.39 is 0 Å². The Morgan fingerprint density at radius 2 is 2.00 bits per heavy atom. The van der Waals surface area contributed by atoms with Crippen LogP contribution in [0.25, 0.3) is 0 Å². The molecule has 1 aliphatic rings. The summed E-state index contributed by atoms with van der Waals surface area (Å²) in [6.07, 6.45) is 4.63. The number of aliphatic hydroxyl groups excluding tert-OH is 1. The molecule has 18 heavy (non-hydrogen) atoms. The van der Waals surface area contributed by atoms with Crippen LogP contribution in [0.4, 0.5) is 0 Å². The van der Waals surface area contributed by atoms with Crippen molar-refractivity contribution in [3.63, 3.8) is 0 Å². The zero-order valence-corrected chi connectivity index (χ0v) is 11.0. The Morgan fingerprint density at radius 1 is 1.28 bits per heavy atom. The lowest BCUT2D eigenvalue weighted by Gasteiger charge is -2.34. The minimum Gasteiger partial charge on any atom is -0.395 e. The monoisotopic (exact) mass is 243 g/mol. The van der Waals surface area contributed by atoms with E-state index in [0.29, 0.717) is 6.42 Å². The van der Waals surface area contributed by atoms with Crippen molar-refractivity contribution < 1.29 is 5.11 Å². The highest BCUT2D eigenvalue weighted by Gasteiger charge is 2.21. The Bertz CT molecular complexity index is 423. The molecule has 1 aliphatic carbocycles. The molecule has 0 spiro atoms. The zero-order valence-electron chi connectivity index (χ0n) is 11.0. The molecule has 2 nitrogen and oxygen atoms in total. The molecule has 0 aromatic heterocycles. The van der Waals surface area contributed by atoms with Crippen molar-refractivity contribution in [3.8, 4) is 11.8 Å². The van der Waals surface area contributed by atoms with Gasteiger partial charge in [0.25, 0.3) is 0 Å². The molecular formula is C16H21NO. The molecule has 0 bridgehead atoms. The van der Waals surface area contributed by atoms with Crippen LogP contribution in [0.1, 0.15) is 36.8 Å². The van der Waals surface area contributed by atoms with Crippen molar-refractivity contribution in [2.75, 3.05) is 13.7 Å². The second-order valence-corrected chi connectivity index (χ2v) is 4.97. The minimum atomic E-state index is 0.136. The molecule has 1 aromatic rings. The predicted octanol–water partition coefficient (Wildman–Crippen LogP) is 2.40. The molecule has 2 rings (SSSR count). The summed E-state index contributed by atoms with van der Waals surface area (Å²) in [5.74, 6) is 5.99. The van der Waals surface area contributed by atoms with E-state index in [0.717, 1.165) is 18.2 Å². The van der Waals surface area contributed by atoms with Crippen molar-refractivity contribution in [3.05, 3.63) is 35.4 Å². The summed E-state index contributed by atoms with van der Waals surface area (Å²) in [7, 11) is 2.21. The molecule has 1 aromatic carbocycles. The van der Waals surface area contributed by atoms with Crippen LogP contribution in [0.5, 0.6) is 0 Å². The summed E-state index contributed by atoms with van der Waals surface area (Å²) in [4.78, 5) is 2.44. The van der Waals surface area contributed by atoms with Crippen molar-refractivity contribution >= 4 is 0 Å². The number of nitrogens with zero attached hydrogens (tertiary/aromatic N) is 1. The van der Waals surface area contributed by atoms with E-state index in [1.807, 2.05) is 0 Å². The van der Waals surface area contributed by atoms with Gasteiger partial charge in [-0.15, -0.1) is 0 Å². The lowest BCUT2D eigenvalue weighted by Crippen LogP contribution is -2.36. The average Bonchev–Trinajstić information content (AvgIpc) is 2.29. The van der Waals surface area contributed by atoms with Gasteiger partial charge in [0.05, 0.1) is 6.61 Å². The largest absolute Gasteiger partial charge is 0.395 e. The molecule has 0 atom stereocenters. The molecule has 0 heterocycles. The van der Waals surface area contributed by atoms with E-state index >= 15 is 0 Å². The van der Waals surface area contributed by atoms with Gasteiger partial charge in [0.15, 0.2) is 0 Å². The zero-order chi connectivity index (χ0) is 12.8. The van der Waals surface area contributed by atoms with Crippen LogP contribution in [0.2, 0.25) is 0 Å². The van der Waals surface area contributed by atoms with Crippen molar-refractivity contribution in [1.82, 2.24) is 4.90 Å². The van der Waals surface area contributed by atoms with Crippen molar-refractivity contribution in [2.24, 2.45) is 0 Å². The fourth-order valence-corrected chi connectivity index (χ4v) is 2.16. The van der Waals surface area contributed by atoms with Gasteiger partial charge >= 0.3 is 0 Å². The Morgan fingerprint density at radius 3 is 2.56 bits per heavy atom. The van der Waals surface area contributed by atoms with Crippen LogP contribution in [-0.4, -0.2) is 29.7 Å². The van der Waals surface area contributed by atoms with E-state index in [9.17, 15) is 0 Å². The third-order valence-corrected chi connectivity index (χ3v) is 3.55. The van der Waals surface area contributed by atoms with Gasteiger partial charge in [-0.25, -0.2) is 0 Å². The van der Waals surface area contributed by atoms with Gasteiger partial charge in [-0.1, -0.05) is 30.4 Å². The normalized spacial score (nSPS) is 15.1. The van der Waals surface area contributed by atoms with E-state index in [2.05, 4.69) is 48.1 Å². The van der Waals surface area contributed by atoms with Gasteiger partial charge in [-0.3, -0.25) is 4.90 Å². The van der Waals surface area contributed by atoms with Gasteiger partial charge in [0.2, 0.25) is 0 Å². The first-order valence-electron chi connectivity index (χ1n) is 6.68. The SMILES string of the molecule is CN(Cc1ccc(C#CCCO)cc1)C1CCC1. The van der Waals surface area contributed by atoms with Crippen molar-refractivity contribution in [1.29, 1.82) is 0 Å². The summed E-state index contributed by atoms with van der Waals surface area (Å²) < 4.78 is 0. The van der Waals surface area contributed by atoms with E-state index in [-0.39, 0.29) is 6.61 Å². The molecule has 2 heteroatoms. The van der Waals surface area contributed by atoms with E-state index in [1.54, 1.807) is 0 Å². The van der Waals surface area contributed by atoms with E-state index in [1.165, 1.54) is 24.8 Å². The van der Waals surface area contributed by atoms with Crippen LogP contribution in [0.15, 0.2) is 24.3 Å². The van der Waals surface area contributed by atoms with Crippen LogP contribution < -0.4 is 0 Å². The molecule has 0 aliphatic heterocycles. The molecule has 96 valence electrons. The van der Waals surface area contributed by atoms with E-state index in [4.69, 9.17) is 5.11 Å². The minimum absolute atomic E-state index is 0.136. The Labute approximate surface area is 110 Å². The van der Waals surface area contributed by atoms with Gasteiger partial charge in [-0.05, 0) is 37.6 Å². The molecule has 1 N–H and O–H groups in total. The highest BCUT2D eigenvalue weighted by atomic mass is 16.2. The summed E-state index contributed by atoms with van der Waals surface area (Å²) in [6.45, 7) is 1.16. The quantitative estimate of drug-likeness (QED) is 0.821. The Hall–Kier alpha value is -1.30. The first-order valence-corrected chi connectivity index (χ1v) is 6.68. The number of hydrogen-bond acceptors (Lipinski definition) is 2. The Balaban J connectivity index is 1.89. The van der Waals surface area contributed by atoms with Crippen molar-refractivity contribution in [2.45, 2.75) is 38.3 Å². The summed E-state index contributed by atoms with van der Waals surface area (Å²) in [6, 6.07) is 9.22.